The van der Waals surface area contributed by atoms with Crippen LogP contribution in [0.3, 0.4) is 0 Å². The Morgan fingerprint density at radius 1 is 0.411 bits per heavy atom. The lowest BCUT2D eigenvalue weighted by atomic mass is 9.86. The molecule has 9 aromatic rings. The lowest BCUT2D eigenvalue weighted by molar-refractivity contribution is -0.137. The third-order valence-electron chi connectivity index (χ3n) is 10.3. The largest absolute Gasteiger partial charge is 0.417 e. The number of hydrogen-bond donors (Lipinski definition) is 0. The first-order valence-corrected chi connectivity index (χ1v) is 17.4. The van der Waals surface area contributed by atoms with Crippen molar-refractivity contribution in [3.63, 3.8) is 0 Å². The van der Waals surface area contributed by atoms with Gasteiger partial charge in [0.15, 0.2) is 0 Å². The van der Waals surface area contributed by atoms with Gasteiger partial charge in [-0.05, 0) is 90.0 Å². The number of nitrogens with zero attached hydrogens (tertiary/aromatic N) is 6. The number of nitriles is 4. The van der Waals surface area contributed by atoms with E-state index in [1.54, 1.807) is 48.5 Å². The first-order chi connectivity index (χ1) is 27.2. The van der Waals surface area contributed by atoms with Crippen molar-refractivity contribution in [3.05, 3.63) is 167 Å². The average Bonchev–Trinajstić information content (AvgIpc) is 3.74. The van der Waals surface area contributed by atoms with Gasteiger partial charge in [0.05, 0.1) is 85.5 Å². The molecule has 0 atom stereocenters. The van der Waals surface area contributed by atoms with Crippen LogP contribution in [0.25, 0.3) is 77.2 Å². The molecule has 0 unspecified atom stereocenters. The Balaban J connectivity index is 1.50. The van der Waals surface area contributed by atoms with Crippen LogP contribution in [-0.4, -0.2) is 9.13 Å². The smallest absolute Gasteiger partial charge is 0.309 e. The van der Waals surface area contributed by atoms with Crippen molar-refractivity contribution in [2.75, 3.05) is 0 Å². The van der Waals surface area contributed by atoms with Crippen molar-refractivity contribution in [2.24, 2.45) is 0 Å². The van der Waals surface area contributed by atoms with Crippen LogP contribution in [0.15, 0.2) is 140 Å². The lowest BCUT2D eigenvalue weighted by Gasteiger charge is -2.24. The Hall–Kier alpha value is -8.11. The average molecular weight is 729 g/mol. The van der Waals surface area contributed by atoms with Crippen LogP contribution >= 0.6 is 0 Å². The number of halogens is 3. The van der Waals surface area contributed by atoms with E-state index in [1.807, 2.05) is 88.0 Å². The summed E-state index contributed by atoms with van der Waals surface area (Å²) >= 11 is 0. The number of alkyl halides is 3. The summed E-state index contributed by atoms with van der Waals surface area (Å²) < 4.78 is 49.2. The maximum absolute atomic E-state index is 15.1. The Labute approximate surface area is 317 Å². The van der Waals surface area contributed by atoms with Crippen LogP contribution in [0, 0.1) is 45.3 Å². The van der Waals surface area contributed by atoms with Gasteiger partial charge in [-0.3, -0.25) is 0 Å². The monoisotopic (exact) mass is 728 g/mol. The van der Waals surface area contributed by atoms with Gasteiger partial charge in [0.1, 0.15) is 0 Å². The van der Waals surface area contributed by atoms with Crippen molar-refractivity contribution in [2.45, 2.75) is 6.18 Å². The Bertz CT molecular complexity index is 3300. The van der Waals surface area contributed by atoms with Gasteiger partial charge in [0.2, 0.25) is 0 Å². The van der Waals surface area contributed by atoms with Crippen molar-refractivity contribution in [1.29, 1.82) is 21.0 Å². The molecule has 2 aromatic heterocycles. The molecule has 9 heteroatoms. The third kappa shape index (κ3) is 5.08. The van der Waals surface area contributed by atoms with Crippen LogP contribution in [-0.2, 0) is 6.18 Å². The fourth-order valence-corrected chi connectivity index (χ4v) is 7.98. The van der Waals surface area contributed by atoms with Crippen molar-refractivity contribution in [1.82, 2.24) is 9.13 Å². The number of fused-ring (bicyclic) bond motifs is 6. The second-order valence-corrected chi connectivity index (χ2v) is 13.3. The molecular weight excluding hydrogens is 706 g/mol. The molecule has 0 saturated carbocycles. The van der Waals surface area contributed by atoms with E-state index in [4.69, 9.17) is 0 Å². The molecule has 0 aliphatic heterocycles. The fraction of sp³-hybridized carbons (Fsp3) is 0.0213. The van der Waals surface area contributed by atoms with E-state index in [2.05, 4.69) is 18.2 Å². The van der Waals surface area contributed by atoms with E-state index >= 15 is 13.2 Å². The van der Waals surface area contributed by atoms with Gasteiger partial charge in [-0.15, -0.1) is 0 Å². The van der Waals surface area contributed by atoms with Gasteiger partial charge in [-0.2, -0.15) is 34.2 Å². The summed E-state index contributed by atoms with van der Waals surface area (Å²) in [5.41, 5.74) is 4.71. The molecule has 0 saturated heterocycles. The highest BCUT2D eigenvalue weighted by atomic mass is 19.4. The first kappa shape index (κ1) is 33.7. The molecule has 9 rings (SSSR count). The van der Waals surface area contributed by atoms with Gasteiger partial charge < -0.3 is 9.13 Å². The molecule has 56 heavy (non-hydrogen) atoms. The lowest BCUT2D eigenvalue weighted by Crippen LogP contribution is -2.09. The highest BCUT2D eigenvalue weighted by molar-refractivity contribution is 6.13. The topological polar surface area (TPSA) is 105 Å². The summed E-state index contributed by atoms with van der Waals surface area (Å²) in [6.45, 7) is 0. The summed E-state index contributed by atoms with van der Waals surface area (Å²) in [7, 11) is 0. The van der Waals surface area contributed by atoms with Crippen molar-refractivity contribution < 1.29 is 13.2 Å². The highest BCUT2D eigenvalue weighted by Gasteiger charge is 2.36. The molecule has 262 valence electrons. The minimum Gasteiger partial charge on any atom is -0.309 e. The zero-order valence-electron chi connectivity index (χ0n) is 29.1. The zero-order chi connectivity index (χ0) is 38.7. The van der Waals surface area contributed by atoms with E-state index < -0.39 is 11.7 Å². The van der Waals surface area contributed by atoms with Crippen LogP contribution in [0.2, 0.25) is 0 Å². The van der Waals surface area contributed by atoms with Gasteiger partial charge >= 0.3 is 6.18 Å². The summed E-state index contributed by atoms with van der Waals surface area (Å²) in [6, 6.07) is 48.4. The van der Waals surface area contributed by atoms with Gasteiger partial charge in [0, 0.05) is 32.7 Å². The Kier molecular flexibility index (Phi) is 7.69. The van der Waals surface area contributed by atoms with E-state index in [1.165, 1.54) is 12.1 Å². The number of rotatable bonds is 4. The predicted molar refractivity (Wildman–Crippen MR) is 210 cm³/mol. The second-order valence-electron chi connectivity index (χ2n) is 13.3. The fourth-order valence-electron chi connectivity index (χ4n) is 7.98. The van der Waals surface area contributed by atoms with Crippen molar-refractivity contribution >= 4 is 43.6 Å². The molecule has 2 heterocycles. The van der Waals surface area contributed by atoms with Gasteiger partial charge in [-0.25, -0.2) is 0 Å². The maximum Gasteiger partial charge on any atom is 0.417 e. The van der Waals surface area contributed by atoms with Crippen LogP contribution < -0.4 is 0 Å². The standard InChI is InChI=1S/C47H23F3N6/c48-47(49,50)38-23-30(26-53)15-18-32(38)35-10-6-14-44(56-40-12-4-2-9-34(40)37-22-29(25-52)17-20-42(37)56)46(35)45-31(27-54)7-5-13-43(45)55-39-11-3-1-8-33(39)36-21-28(24-51)16-19-41(36)55/h1-23H. The third-order valence-corrected chi connectivity index (χ3v) is 10.3. The van der Waals surface area contributed by atoms with Crippen LogP contribution in [0.1, 0.15) is 27.8 Å². The second kappa shape index (κ2) is 12.8. The minimum atomic E-state index is -4.83. The molecule has 0 radical (unpaired) electrons. The quantitative estimate of drug-likeness (QED) is 0.180. The molecule has 0 aliphatic rings. The Morgan fingerprint density at radius 2 is 0.893 bits per heavy atom. The molecule has 0 N–H and O–H groups in total. The highest BCUT2D eigenvalue weighted by Crippen LogP contribution is 2.48. The summed E-state index contributed by atoms with van der Waals surface area (Å²) in [6.07, 6.45) is -4.83. The molecule has 0 amide bonds. The maximum atomic E-state index is 15.1. The van der Waals surface area contributed by atoms with Crippen LogP contribution in [0.5, 0.6) is 0 Å². The number of benzene rings is 7. The van der Waals surface area contributed by atoms with E-state index in [0.29, 0.717) is 39.1 Å². The molecule has 0 fully saturated rings. The van der Waals surface area contributed by atoms with Crippen LogP contribution in [0.4, 0.5) is 13.2 Å². The number of aromatic nitrogens is 2. The molecule has 0 spiro atoms. The minimum absolute atomic E-state index is 0.144. The molecule has 0 aliphatic carbocycles. The summed E-state index contributed by atoms with van der Waals surface area (Å²) in [4.78, 5) is 0. The normalized spacial score (nSPS) is 11.4. The van der Waals surface area contributed by atoms with E-state index in [-0.39, 0.29) is 22.3 Å². The van der Waals surface area contributed by atoms with E-state index in [9.17, 15) is 21.0 Å². The number of para-hydroxylation sites is 2. The summed E-state index contributed by atoms with van der Waals surface area (Å²) in [5, 5.41) is 43.4. The molecular formula is C47H23F3N6. The molecule has 7 aromatic carbocycles. The van der Waals surface area contributed by atoms with Gasteiger partial charge in [-0.1, -0.05) is 60.7 Å². The summed E-state index contributed by atoms with van der Waals surface area (Å²) in [5.74, 6) is 0. The SMILES string of the molecule is N#Cc1ccc(-c2cccc(-n3c4ccccc4c4cc(C#N)ccc43)c2-c2c(C#N)cccc2-n2c3ccccc3c3cc(C#N)ccc32)c(C(F)(F)F)c1. The predicted octanol–water partition coefficient (Wildman–Crippen LogP) is 11.7. The first-order valence-electron chi connectivity index (χ1n) is 17.4. The molecule has 0 bridgehead atoms. The molecule has 6 nitrogen and oxygen atoms in total. The Morgan fingerprint density at radius 3 is 1.43 bits per heavy atom. The number of hydrogen-bond acceptors (Lipinski definition) is 4. The van der Waals surface area contributed by atoms with Gasteiger partial charge in [0.25, 0.3) is 0 Å². The zero-order valence-corrected chi connectivity index (χ0v) is 29.1. The van der Waals surface area contributed by atoms with Crippen molar-refractivity contribution in [3.8, 4) is 57.9 Å². The van der Waals surface area contributed by atoms with E-state index in [0.717, 1.165) is 44.2 Å².